The first-order valence-electron chi connectivity index (χ1n) is 6.61. The molecule has 0 spiro atoms. The van der Waals surface area contributed by atoms with Crippen LogP contribution in [-0.2, 0) is 9.84 Å². The standard InChI is InChI=1S/C12H28N2O2S/c1-5-9-14(6-2)10-8-13-12(4)11-17(15,16)7-3/h12-13H,5-11H2,1-4H3. The van der Waals surface area contributed by atoms with Crippen molar-refractivity contribution in [2.24, 2.45) is 0 Å². The summed E-state index contributed by atoms with van der Waals surface area (Å²) in [6.07, 6.45) is 1.16. The van der Waals surface area contributed by atoms with E-state index in [-0.39, 0.29) is 17.5 Å². The Bertz CT molecular complexity index is 278. The maximum absolute atomic E-state index is 11.4. The molecule has 0 aromatic rings. The number of nitrogens with zero attached hydrogens (tertiary/aromatic N) is 1. The van der Waals surface area contributed by atoms with Gasteiger partial charge in [-0.1, -0.05) is 20.8 Å². The highest BCUT2D eigenvalue weighted by Crippen LogP contribution is 1.95. The van der Waals surface area contributed by atoms with E-state index in [1.165, 1.54) is 0 Å². The molecule has 4 nitrogen and oxygen atoms in total. The molecular weight excluding hydrogens is 236 g/mol. The van der Waals surface area contributed by atoms with Crippen molar-refractivity contribution in [2.45, 2.75) is 40.2 Å². The SMILES string of the molecule is CCCN(CC)CCNC(C)CS(=O)(=O)CC. The summed E-state index contributed by atoms with van der Waals surface area (Å²) in [5.74, 6) is 0.472. The van der Waals surface area contributed by atoms with Crippen LogP contribution >= 0.6 is 0 Å². The molecule has 1 atom stereocenters. The molecule has 0 heterocycles. The van der Waals surface area contributed by atoms with Crippen LogP contribution in [0, 0.1) is 0 Å². The van der Waals surface area contributed by atoms with Crippen molar-refractivity contribution in [3.63, 3.8) is 0 Å². The van der Waals surface area contributed by atoms with Crippen molar-refractivity contribution < 1.29 is 8.42 Å². The van der Waals surface area contributed by atoms with Gasteiger partial charge in [0, 0.05) is 24.9 Å². The first kappa shape index (κ1) is 16.9. The van der Waals surface area contributed by atoms with Crippen molar-refractivity contribution in [2.75, 3.05) is 37.7 Å². The molecule has 0 aromatic heterocycles. The molecule has 0 amide bonds. The quantitative estimate of drug-likeness (QED) is 0.643. The number of hydrogen-bond donors (Lipinski definition) is 1. The Kier molecular flexibility index (Phi) is 8.82. The van der Waals surface area contributed by atoms with Gasteiger partial charge in [-0.15, -0.1) is 0 Å². The maximum atomic E-state index is 11.4. The van der Waals surface area contributed by atoms with E-state index in [1.807, 2.05) is 6.92 Å². The van der Waals surface area contributed by atoms with Crippen molar-refractivity contribution in [1.82, 2.24) is 10.2 Å². The average molecular weight is 264 g/mol. The van der Waals surface area contributed by atoms with Gasteiger partial charge in [0.1, 0.15) is 0 Å². The van der Waals surface area contributed by atoms with E-state index in [0.29, 0.717) is 0 Å². The van der Waals surface area contributed by atoms with Gasteiger partial charge in [-0.3, -0.25) is 0 Å². The van der Waals surface area contributed by atoms with E-state index < -0.39 is 9.84 Å². The molecule has 0 aliphatic carbocycles. The summed E-state index contributed by atoms with van der Waals surface area (Å²) >= 11 is 0. The smallest absolute Gasteiger partial charge is 0.151 e. The third-order valence-electron chi connectivity index (χ3n) is 2.85. The van der Waals surface area contributed by atoms with Crippen LogP contribution in [0.1, 0.15) is 34.1 Å². The number of nitrogens with one attached hydrogen (secondary N) is 1. The van der Waals surface area contributed by atoms with E-state index in [0.717, 1.165) is 32.6 Å². The summed E-state index contributed by atoms with van der Waals surface area (Å²) in [6.45, 7) is 12.0. The maximum Gasteiger partial charge on any atom is 0.151 e. The van der Waals surface area contributed by atoms with Crippen LogP contribution in [0.3, 0.4) is 0 Å². The lowest BCUT2D eigenvalue weighted by Crippen LogP contribution is -2.39. The molecule has 0 fully saturated rings. The number of likely N-dealkylation sites (N-methyl/N-ethyl adjacent to an activating group) is 1. The van der Waals surface area contributed by atoms with E-state index in [9.17, 15) is 8.42 Å². The molecule has 0 saturated carbocycles. The van der Waals surface area contributed by atoms with Gasteiger partial charge in [0.15, 0.2) is 9.84 Å². The molecule has 0 aliphatic rings. The minimum atomic E-state index is -2.86. The highest BCUT2D eigenvalue weighted by atomic mass is 32.2. The summed E-state index contributed by atoms with van der Waals surface area (Å²) in [6, 6.07) is 0.0419. The molecule has 0 saturated heterocycles. The van der Waals surface area contributed by atoms with Crippen LogP contribution < -0.4 is 5.32 Å². The molecule has 104 valence electrons. The molecule has 1 unspecified atom stereocenters. The number of sulfone groups is 1. The fourth-order valence-electron chi connectivity index (χ4n) is 1.77. The van der Waals surface area contributed by atoms with Crippen molar-refractivity contribution in [1.29, 1.82) is 0 Å². The molecule has 0 aromatic carbocycles. The highest BCUT2D eigenvalue weighted by Gasteiger charge is 2.13. The van der Waals surface area contributed by atoms with Crippen LogP contribution in [0.25, 0.3) is 0 Å². The Balaban J connectivity index is 3.81. The van der Waals surface area contributed by atoms with Crippen LogP contribution in [-0.4, -0.2) is 57.0 Å². The summed E-state index contributed by atoms with van der Waals surface area (Å²) < 4.78 is 22.8. The van der Waals surface area contributed by atoms with E-state index >= 15 is 0 Å². The van der Waals surface area contributed by atoms with Crippen LogP contribution in [0.4, 0.5) is 0 Å². The zero-order valence-electron chi connectivity index (χ0n) is 11.7. The van der Waals surface area contributed by atoms with Gasteiger partial charge in [-0.2, -0.15) is 0 Å². The van der Waals surface area contributed by atoms with Crippen molar-refractivity contribution in [3.8, 4) is 0 Å². The predicted molar refractivity (Wildman–Crippen MR) is 74.2 cm³/mol. The van der Waals surface area contributed by atoms with Gasteiger partial charge in [0.2, 0.25) is 0 Å². The molecule has 0 rings (SSSR count). The van der Waals surface area contributed by atoms with Gasteiger partial charge in [-0.25, -0.2) is 8.42 Å². The van der Waals surface area contributed by atoms with Crippen LogP contribution in [0.15, 0.2) is 0 Å². The fraction of sp³-hybridized carbons (Fsp3) is 1.00. The predicted octanol–water partition coefficient (Wildman–Crippen LogP) is 1.13. The minimum Gasteiger partial charge on any atom is -0.312 e. The molecule has 5 heteroatoms. The highest BCUT2D eigenvalue weighted by molar-refractivity contribution is 7.91. The Morgan fingerprint density at radius 2 is 1.82 bits per heavy atom. The van der Waals surface area contributed by atoms with E-state index in [2.05, 4.69) is 24.1 Å². The second kappa shape index (κ2) is 8.89. The van der Waals surface area contributed by atoms with Gasteiger partial charge in [-0.05, 0) is 26.4 Å². The van der Waals surface area contributed by atoms with Crippen molar-refractivity contribution >= 4 is 9.84 Å². The third-order valence-corrected chi connectivity index (χ3v) is 4.74. The molecule has 0 bridgehead atoms. The van der Waals surface area contributed by atoms with E-state index in [1.54, 1.807) is 6.92 Å². The molecule has 0 radical (unpaired) electrons. The van der Waals surface area contributed by atoms with Crippen LogP contribution in [0.5, 0.6) is 0 Å². The fourth-order valence-corrected chi connectivity index (χ4v) is 2.89. The lowest BCUT2D eigenvalue weighted by atomic mass is 10.3. The Labute approximate surface area is 107 Å². The number of rotatable bonds is 10. The van der Waals surface area contributed by atoms with Gasteiger partial charge < -0.3 is 10.2 Å². The van der Waals surface area contributed by atoms with Gasteiger partial charge >= 0.3 is 0 Å². The Hall–Kier alpha value is -0.130. The summed E-state index contributed by atoms with van der Waals surface area (Å²) in [7, 11) is -2.86. The van der Waals surface area contributed by atoms with Crippen molar-refractivity contribution in [3.05, 3.63) is 0 Å². The summed E-state index contributed by atoms with van der Waals surface area (Å²) in [4.78, 5) is 2.37. The largest absolute Gasteiger partial charge is 0.312 e. The molecule has 0 aliphatic heterocycles. The summed E-state index contributed by atoms with van der Waals surface area (Å²) in [5.41, 5.74) is 0. The zero-order valence-corrected chi connectivity index (χ0v) is 12.5. The molecule has 1 N–H and O–H groups in total. The normalized spacial score (nSPS) is 14.2. The van der Waals surface area contributed by atoms with E-state index in [4.69, 9.17) is 0 Å². The van der Waals surface area contributed by atoms with Gasteiger partial charge in [0.05, 0.1) is 5.75 Å². The first-order valence-corrected chi connectivity index (χ1v) is 8.43. The minimum absolute atomic E-state index is 0.0419. The Morgan fingerprint density at radius 3 is 2.29 bits per heavy atom. The lowest BCUT2D eigenvalue weighted by molar-refractivity contribution is 0.285. The number of hydrogen-bond acceptors (Lipinski definition) is 4. The second-order valence-corrected chi connectivity index (χ2v) is 6.89. The third kappa shape index (κ3) is 8.57. The lowest BCUT2D eigenvalue weighted by Gasteiger charge is -2.21. The molecular formula is C12H28N2O2S. The Morgan fingerprint density at radius 1 is 1.18 bits per heavy atom. The second-order valence-electron chi connectivity index (χ2n) is 4.49. The zero-order chi connectivity index (χ0) is 13.3. The van der Waals surface area contributed by atoms with Gasteiger partial charge in [0.25, 0.3) is 0 Å². The first-order chi connectivity index (χ1) is 7.95. The monoisotopic (exact) mass is 264 g/mol. The average Bonchev–Trinajstić information content (AvgIpc) is 2.27. The van der Waals surface area contributed by atoms with Crippen LogP contribution in [0.2, 0.25) is 0 Å². The molecule has 17 heavy (non-hydrogen) atoms. The topological polar surface area (TPSA) is 49.4 Å². The summed E-state index contributed by atoms with van der Waals surface area (Å²) in [5, 5.41) is 3.28.